The fourth-order valence-corrected chi connectivity index (χ4v) is 2.95. The van der Waals surface area contributed by atoms with Crippen molar-refractivity contribution in [2.75, 3.05) is 0 Å². The summed E-state index contributed by atoms with van der Waals surface area (Å²) in [5.41, 5.74) is -0.0461. The van der Waals surface area contributed by atoms with Crippen LogP contribution in [0.5, 0.6) is 0 Å². The summed E-state index contributed by atoms with van der Waals surface area (Å²) in [5, 5.41) is 0. The molecule has 104 valence electrons. The highest BCUT2D eigenvalue weighted by Crippen LogP contribution is 2.36. The van der Waals surface area contributed by atoms with Gasteiger partial charge in [0.1, 0.15) is 0 Å². The molecule has 0 aliphatic carbocycles. The summed E-state index contributed by atoms with van der Waals surface area (Å²) in [6.45, 7) is 7.64. The lowest BCUT2D eigenvalue weighted by atomic mass is 9.80. The van der Waals surface area contributed by atoms with Crippen LogP contribution < -0.4 is 0 Å². The van der Waals surface area contributed by atoms with Gasteiger partial charge in [-0.15, -0.1) is 12.3 Å². The van der Waals surface area contributed by atoms with Crippen molar-refractivity contribution in [1.29, 1.82) is 0 Å². The fourth-order valence-electron chi connectivity index (χ4n) is 2.95. The number of carbonyl (C=O) groups excluding carboxylic acids is 2. The topological polar surface area (TPSA) is 37.4 Å². The van der Waals surface area contributed by atoms with Gasteiger partial charge >= 0.3 is 0 Å². The zero-order valence-corrected chi connectivity index (χ0v) is 12.4. The summed E-state index contributed by atoms with van der Waals surface area (Å²) in [7, 11) is 0. The van der Waals surface area contributed by atoms with E-state index in [0.717, 1.165) is 0 Å². The lowest BCUT2D eigenvalue weighted by Crippen LogP contribution is -2.49. The summed E-state index contributed by atoms with van der Waals surface area (Å²) in [6, 6.07) is 6.92. The van der Waals surface area contributed by atoms with E-state index in [4.69, 9.17) is 6.42 Å². The van der Waals surface area contributed by atoms with E-state index in [9.17, 15) is 9.59 Å². The van der Waals surface area contributed by atoms with Gasteiger partial charge < -0.3 is 0 Å². The molecule has 2 amide bonds. The Morgan fingerprint density at radius 1 is 1.05 bits per heavy atom. The summed E-state index contributed by atoms with van der Waals surface area (Å²) in [5.74, 6) is 2.26. The summed E-state index contributed by atoms with van der Waals surface area (Å²) < 4.78 is 0. The van der Waals surface area contributed by atoms with Crippen molar-refractivity contribution < 1.29 is 9.59 Å². The van der Waals surface area contributed by atoms with Gasteiger partial charge in [0.15, 0.2) is 0 Å². The predicted octanol–water partition coefficient (Wildman–Crippen LogP) is 3.11. The van der Waals surface area contributed by atoms with E-state index < -0.39 is 5.54 Å². The summed E-state index contributed by atoms with van der Waals surface area (Å²) in [4.78, 5) is 26.3. The number of amides is 2. The Bertz CT molecular complexity index is 585. The van der Waals surface area contributed by atoms with E-state index in [0.29, 0.717) is 17.5 Å². The number of benzene rings is 1. The van der Waals surface area contributed by atoms with Crippen LogP contribution >= 0.6 is 0 Å². The number of rotatable bonds is 3. The number of imide groups is 1. The third kappa shape index (κ3) is 2.22. The van der Waals surface area contributed by atoms with Crippen molar-refractivity contribution in [1.82, 2.24) is 4.90 Å². The van der Waals surface area contributed by atoms with E-state index in [1.54, 1.807) is 24.3 Å². The second kappa shape index (κ2) is 4.49. The average molecular weight is 269 g/mol. The Morgan fingerprint density at radius 3 is 1.90 bits per heavy atom. The Kier molecular flexibility index (Phi) is 3.21. The molecular weight excluding hydrogens is 250 g/mol. The minimum Gasteiger partial charge on any atom is -0.269 e. The number of hydrogen-bond acceptors (Lipinski definition) is 2. The molecule has 1 aliphatic rings. The lowest BCUT2D eigenvalue weighted by Gasteiger charge is -2.38. The van der Waals surface area contributed by atoms with Crippen LogP contribution in [0.3, 0.4) is 0 Å². The highest BCUT2D eigenvalue weighted by molar-refractivity contribution is 6.21. The molecule has 0 N–H and O–H groups in total. The van der Waals surface area contributed by atoms with Gasteiger partial charge in [-0.05, 0) is 46.2 Å². The molecule has 1 aromatic rings. The maximum Gasteiger partial charge on any atom is 0.262 e. The van der Waals surface area contributed by atoms with Crippen LogP contribution in [0.15, 0.2) is 24.3 Å². The molecule has 20 heavy (non-hydrogen) atoms. The molecule has 0 unspecified atom stereocenters. The molecule has 3 heteroatoms. The number of terminal acetylenes is 1. The maximum atomic E-state index is 12.5. The zero-order chi connectivity index (χ0) is 15.1. The van der Waals surface area contributed by atoms with E-state index in [1.807, 2.05) is 27.7 Å². The molecule has 0 atom stereocenters. The first-order valence-electron chi connectivity index (χ1n) is 6.65. The van der Waals surface area contributed by atoms with Crippen LogP contribution in [0.2, 0.25) is 0 Å². The standard InChI is InChI=1S/C17H19NO2/c1-6-16(2,3)11-17(4,5)18-14(19)12-9-7-8-10-13(12)15(18)20/h1,7-10H,11H2,2-5H3. The van der Waals surface area contributed by atoms with Crippen molar-refractivity contribution in [3.63, 3.8) is 0 Å². The quantitative estimate of drug-likeness (QED) is 0.624. The Labute approximate surface area is 120 Å². The van der Waals surface area contributed by atoms with Gasteiger partial charge in [-0.1, -0.05) is 12.1 Å². The van der Waals surface area contributed by atoms with E-state index >= 15 is 0 Å². The molecule has 0 saturated carbocycles. The molecule has 0 spiro atoms. The largest absolute Gasteiger partial charge is 0.269 e. The van der Waals surface area contributed by atoms with Gasteiger partial charge in [0.2, 0.25) is 0 Å². The third-order valence-corrected chi connectivity index (χ3v) is 3.66. The van der Waals surface area contributed by atoms with Crippen LogP contribution in [0.4, 0.5) is 0 Å². The molecule has 0 radical (unpaired) electrons. The molecule has 2 rings (SSSR count). The molecular formula is C17H19NO2. The summed E-state index contributed by atoms with van der Waals surface area (Å²) in [6.07, 6.45) is 6.08. The molecule has 0 saturated heterocycles. The number of nitrogens with zero attached hydrogens (tertiary/aromatic N) is 1. The highest BCUT2D eigenvalue weighted by Gasteiger charge is 2.45. The molecule has 1 heterocycles. The highest BCUT2D eigenvalue weighted by atomic mass is 16.2. The van der Waals surface area contributed by atoms with Crippen LogP contribution in [0, 0.1) is 17.8 Å². The van der Waals surface area contributed by atoms with Crippen LogP contribution in [0.1, 0.15) is 54.8 Å². The molecule has 0 fully saturated rings. The number of fused-ring (bicyclic) bond motifs is 1. The van der Waals surface area contributed by atoms with E-state index in [-0.39, 0.29) is 17.2 Å². The van der Waals surface area contributed by atoms with Crippen LogP contribution in [0.25, 0.3) is 0 Å². The van der Waals surface area contributed by atoms with Gasteiger partial charge in [0.05, 0.1) is 11.1 Å². The van der Waals surface area contributed by atoms with Crippen molar-refractivity contribution >= 4 is 11.8 Å². The van der Waals surface area contributed by atoms with Crippen molar-refractivity contribution in [3.8, 4) is 12.3 Å². The molecule has 1 aliphatic heterocycles. The van der Waals surface area contributed by atoms with Crippen molar-refractivity contribution in [2.24, 2.45) is 5.41 Å². The van der Waals surface area contributed by atoms with Crippen LogP contribution in [-0.4, -0.2) is 22.3 Å². The maximum absolute atomic E-state index is 12.5. The normalized spacial score (nSPS) is 15.2. The SMILES string of the molecule is C#CC(C)(C)CC(C)(C)N1C(=O)c2ccccc2C1=O. The average Bonchev–Trinajstić information content (AvgIpc) is 2.62. The van der Waals surface area contributed by atoms with E-state index in [1.165, 1.54) is 4.90 Å². The molecule has 1 aromatic carbocycles. The first-order chi connectivity index (χ1) is 9.19. The molecule has 3 nitrogen and oxygen atoms in total. The van der Waals surface area contributed by atoms with Crippen molar-refractivity contribution in [3.05, 3.63) is 35.4 Å². The van der Waals surface area contributed by atoms with Gasteiger partial charge in [0, 0.05) is 11.0 Å². The first-order valence-corrected chi connectivity index (χ1v) is 6.65. The lowest BCUT2D eigenvalue weighted by molar-refractivity contribution is 0.0426. The zero-order valence-electron chi connectivity index (χ0n) is 12.4. The number of hydrogen-bond donors (Lipinski definition) is 0. The molecule has 0 aromatic heterocycles. The van der Waals surface area contributed by atoms with Gasteiger partial charge in [-0.25, -0.2) is 0 Å². The smallest absolute Gasteiger partial charge is 0.262 e. The summed E-state index contributed by atoms with van der Waals surface area (Å²) >= 11 is 0. The third-order valence-electron chi connectivity index (χ3n) is 3.66. The second-order valence-electron chi connectivity index (χ2n) is 6.51. The number of carbonyl (C=O) groups is 2. The van der Waals surface area contributed by atoms with Crippen molar-refractivity contribution in [2.45, 2.75) is 39.7 Å². The molecule has 0 bridgehead atoms. The van der Waals surface area contributed by atoms with Gasteiger partial charge in [-0.2, -0.15) is 0 Å². The Balaban J connectivity index is 2.39. The Hall–Kier alpha value is -2.08. The minimum atomic E-state index is -0.622. The fraction of sp³-hybridized carbons (Fsp3) is 0.412. The van der Waals surface area contributed by atoms with Crippen LogP contribution in [-0.2, 0) is 0 Å². The van der Waals surface area contributed by atoms with Gasteiger partial charge in [-0.3, -0.25) is 14.5 Å². The predicted molar refractivity (Wildman–Crippen MR) is 78.3 cm³/mol. The monoisotopic (exact) mass is 269 g/mol. The Morgan fingerprint density at radius 2 is 1.50 bits per heavy atom. The first kappa shape index (κ1) is 14.3. The van der Waals surface area contributed by atoms with E-state index in [2.05, 4.69) is 5.92 Å². The second-order valence-corrected chi connectivity index (χ2v) is 6.51. The minimum absolute atomic E-state index is 0.233. The van der Waals surface area contributed by atoms with Gasteiger partial charge in [0.25, 0.3) is 11.8 Å².